The highest BCUT2D eigenvalue weighted by Crippen LogP contribution is 2.26. The van der Waals surface area contributed by atoms with Gasteiger partial charge in [-0.1, -0.05) is 23.8 Å². The van der Waals surface area contributed by atoms with Gasteiger partial charge in [0.2, 0.25) is 0 Å². The van der Waals surface area contributed by atoms with Crippen LogP contribution in [0.15, 0.2) is 47.4 Å². The fraction of sp³-hybridized carbons (Fsp3) is 0.462. The third-order valence-corrected chi connectivity index (χ3v) is 7.18. The van der Waals surface area contributed by atoms with Crippen molar-refractivity contribution in [1.82, 2.24) is 0 Å². The third-order valence-electron chi connectivity index (χ3n) is 5.38. The van der Waals surface area contributed by atoms with Gasteiger partial charge in [-0.25, -0.2) is 8.42 Å². The molecule has 0 atom stereocenters. The number of sulfonamides is 1. The van der Waals surface area contributed by atoms with Crippen LogP contribution < -0.4 is 4.31 Å². The summed E-state index contributed by atoms with van der Waals surface area (Å²) in [4.78, 5) is 23.6. The van der Waals surface area contributed by atoms with E-state index in [2.05, 4.69) is 0 Å². The molecule has 8 heteroatoms. The minimum absolute atomic E-state index is 0.220. The number of anilines is 1. The number of esters is 2. The lowest BCUT2D eigenvalue weighted by atomic mass is 10.0. The Hall–Kier alpha value is -2.87. The van der Waals surface area contributed by atoms with Gasteiger partial charge in [0.15, 0.2) is 0 Å². The summed E-state index contributed by atoms with van der Waals surface area (Å²) in [7, 11) is -2.20. The SMILES string of the molecule is CCOC(=O)CCCc1cc(CCCC(=O)OCC)cc(N(C)S(=O)(=O)c2ccc(C)cc2)c1. The highest BCUT2D eigenvalue weighted by atomic mass is 32.2. The second-order valence-corrected chi connectivity index (χ2v) is 10.1. The van der Waals surface area contributed by atoms with Crippen molar-refractivity contribution in [2.75, 3.05) is 24.6 Å². The maximum atomic E-state index is 13.2. The molecule has 0 amide bonds. The van der Waals surface area contributed by atoms with Crippen molar-refractivity contribution in [1.29, 1.82) is 0 Å². The molecule has 2 aromatic rings. The van der Waals surface area contributed by atoms with Gasteiger partial charge < -0.3 is 9.47 Å². The zero-order valence-electron chi connectivity index (χ0n) is 20.5. The number of benzene rings is 2. The van der Waals surface area contributed by atoms with Crippen LogP contribution in [0.1, 0.15) is 56.2 Å². The number of aryl methyl sites for hydroxylation is 3. The molecular weight excluding hydrogens is 454 g/mol. The van der Waals surface area contributed by atoms with E-state index in [1.807, 2.05) is 25.1 Å². The van der Waals surface area contributed by atoms with Crippen LogP contribution in [0.5, 0.6) is 0 Å². The maximum absolute atomic E-state index is 13.2. The third kappa shape index (κ3) is 8.17. The Balaban J connectivity index is 2.25. The van der Waals surface area contributed by atoms with Gasteiger partial charge in [0.05, 0.1) is 23.8 Å². The molecule has 0 saturated heterocycles. The molecule has 2 aromatic carbocycles. The van der Waals surface area contributed by atoms with E-state index < -0.39 is 10.0 Å². The molecule has 0 fully saturated rings. The van der Waals surface area contributed by atoms with Crippen molar-refractivity contribution in [3.63, 3.8) is 0 Å². The van der Waals surface area contributed by atoms with Crippen LogP contribution in [0.3, 0.4) is 0 Å². The number of rotatable bonds is 13. The van der Waals surface area contributed by atoms with E-state index in [1.165, 1.54) is 11.4 Å². The number of carbonyl (C=O) groups is 2. The molecule has 0 radical (unpaired) electrons. The number of ether oxygens (including phenoxy) is 2. The summed E-state index contributed by atoms with van der Waals surface area (Å²) < 4.78 is 37.7. The molecule has 0 aliphatic carbocycles. The lowest BCUT2D eigenvalue weighted by molar-refractivity contribution is -0.144. The number of hydrogen-bond acceptors (Lipinski definition) is 6. The monoisotopic (exact) mass is 489 g/mol. The Morgan fingerprint density at radius 3 is 1.74 bits per heavy atom. The number of nitrogens with zero attached hydrogens (tertiary/aromatic N) is 1. The van der Waals surface area contributed by atoms with Crippen LogP contribution in [0, 0.1) is 6.92 Å². The van der Waals surface area contributed by atoms with Gasteiger partial charge in [-0.2, -0.15) is 0 Å². The molecule has 0 bridgehead atoms. The molecule has 0 aliphatic rings. The maximum Gasteiger partial charge on any atom is 0.305 e. The van der Waals surface area contributed by atoms with E-state index in [9.17, 15) is 18.0 Å². The highest BCUT2D eigenvalue weighted by Gasteiger charge is 2.22. The lowest BCUT2D eigenvalue weighted by Gasteiger charge is -2.21. The average molecular weight is 490 g/mol. The fourth-order valence-corrected chi connectivity index (χ4v) is 4.74. The van der Waals surface area contributed by atoms with E-state index in [0.717, 1.165) is 16.7 Å². The first kappa shape index (κ1) is 27.4. The minimum atomic E-state index is -3.74. The molecule has 2 rings (SSSR count). The first-order valence-corrected chi connectivity index (χ1v) is 13.1. The van der Waals surface area contributed by atoms with Crippen LogP contribution in [-0.2, 0) is 41.9 Å². The van der Waals surface area contributed by atoms with Crippen molar-refractivity contribution in [3.05, 3.63) is 59.2 Å². The van der Waals surface area contributed by atoms with Gasteiger partial charge in [0.1, 0.15) is 0 Å². The van der Waals surface area contributed by atoms with Crippen LogP contribution >= 0.6 is 0 Å². The summed E-state index contributed by atoms with van der Waals surface area (Å²) in [6.07, 6.45) is 3.01. The summed E-state index contributed by atoms with van der Waals surface area (Å²) in [6.45, 7) is 6.15. The van der Waals surface area contributed by atoms with E-state index in [4.69, 9.17) is 9.47 Å². The van der Waals surface area contributed by atoms with E-state index in [-0.39, 0.29) is 16.8 Å². The predicted molar refractivity (Wildman–Crippen MR) is 132 cm³/mol. The van der Waals surface area contributed by atoms with Crippen molar-refractivity contribution in [3.8, 4) is 0 Å². The van der Waals surface area contributed by atoms with E-state index in [1.54, 1.807) is 38.1 Å². The Morgan fingerprint density at radius 1 is 0.824 bits per heavy atom. The molecule has 0 aliphatic heterocycles. The topological polar surface area (TPSA) is 90.0 Å². The molecule has 7 nitrogen and oxygen atoms in total. The van der Waals surface area contributed by atoms with Gasteiger partial charge in [-0.3, -0.25) is 13.9 Å². The molecule has 0 heterocycles. The van der Waals surface area contributed by atoms with Crippen molar-refractivity contribution in [2.24, 2.45) is 0 Å². The first-order valence-electron chi connectivity index (χ1n) is 11.7. The Bertz CT molecular complexity index is 1020. The van der Waals surface area contributed by atoms with E-state index >= 15 is 0 Å². The normalized spacial score (nSPS) is 11.2. The molecule has 0 N–H and O–H groups in total. The Labute approximate surface area is 203 Å². The molecule has 0 spiro atoms. The fourth-order valence-electron chi connectivity index (χ4n) is 3.56. The highest BCUT2D eigenvalue weighted by molar-refractivity contribution is 7.92. The minimum Gasteiger partial charge on any atom is -0.466 e. The Kier molecular flexibility index (Phi) is 10.6. The summed E-state index contributed by atoms with van der Waals surface area (Å²) in [5.41, 5.74) is 3.38. The lowest BCUT2D eigenvalue weighted by Crippen LogP contribution is -2.26. The van der Waals surface area contributed by atoms with Gasteiger partial charge in [0.25, 0.3) is 10.0 Å². The van der Waals surface area contributed by atoms with Crippen molar-refractivity contribution < 1.29 is 27.5 Å². The molecular formula is C26H35NO6S. The second kappa shape index (κ2) is 13.1. The van der Waals surface area contributed by atoms with Crippen LogP contribution in [-0.4, -0.2) is 40.6 Å². The van der Waals surface area contributed by atoms with Gasteiger partial charge >= 0.3 is 11.9 Å². The zero-order chi connectivity index (χ0) is 25.1. The van der Waals surface area contributed by atoms with Crippen molar-refractivity contribution in [2.45, 2.75) is 64.2 Å². The summed E-state index contributed by atoms with van der Waals surface area (Å²) in [6, 6.07) is 12.4. The number of carbonyl (C=O) groups excluding carboxylic acids is 2. The Morgan fingerprint density at radius 2 is 1.29 bits per heavy atom. The van der Waals surface area contributed by atoms with Crippen LogP contribution in [0.2, 0.25) is 0 Å². The molecule has 186 valence electrons. The summed E-state index contributed by atoms with van der Waals surface area (Å²) in [5, 5.41) is 0. The first-order chi connectivity index (χ1) is 16.2. The summed E-state index contributed by atoms with van der Waals surface area (Å²) in [5.74, 6) is -0.486. The molecule has 0 saturated carbocycles. The predicted octanol–water partition coefficient (Wildman–Crippen LogP) is 4.59. The van der Waals surface area contributed by atoms with Crippen LogP contribution in [0.4, 0.5) is 5.69 Å². The second-order valence-electron chi connectivity index (χ2n) is 8.11. The van der Waals surface area contributed by atoms with Crippen LogP contribution in [0.25, 0.3) is 0 Å². The molecule has 0 unspecified atom stereocenters. The smallest absolute Gasteiger partial charge is 0.305 e. The van der Waals surface area contributed by atoms with E-state index in [0.29, 0.717) is 57.4 Å². The summed E-state index contributed by atoms with van der Waals surface area (Å²) >= 11 is 0. The molecule has 34 heavy (non-hydrogen) atoms. The van der Waals surface area contributed by atoms with Gasteiger partial charge in [0, 0.05) is 19.9 Å². The average Bonchev–Trinajstić information content (AvgIpc) is 2.79. The number of hydrogen-bond donors (Lipinski definition) is 0. The quantitative estimate of drug-likeness (QED) is 0.382. The van der Waals surface area contributed by atoms with Gasteiger partial charge in [-0.05, 0) is 81.8 Å². The van der Waals surface area contributed by atoms with Gasteiger partial charge in [-0.15, -0.1) is 0 Å². The zero-order valence-corrected chi connectivity index (χ0v) is 21.3. The van der Waals surface area contributed by atoms with Crippen molar-refractivity contribution >= 4 is 27.6 Å². The molecule has 0 aromatic heterocycles. The largest absolute Gasteiger partial charge is 0.466 e. The standard InChI is InChI=1S/C26H35NO6S/c1-5-32-25(28)11-7-9-21-17-22(10-8-12-26(29)33-6-2)19-23(18-21)27(4)34(30,31)24-15-13-20(3)14-16-24/h13-19H,5-12H2,1-4H3.